The molecule has 0 aromatic heterocycles. The Hall–Kier alpha value is -4.28. The first-order chi connectivity index (χ1) is 13.3. The van der Waals surface area contributed by atoms with Gasteiger partial charge in [-0.2, -0.15) is 0 Å². The second kappa shape index (κ2) is 7.15. The van der Waals surface area contributed by atoms with Crippen LogP contribution in [0.25, 0.3) is 10.8 Å². The topological polar surface area (TPSA) is 151 Å². The Labute approximate surface area is 156 Å². The minimum atomic E-state index is -0.781. The van der Waals surface area contributed by atoms with Gasteiger partial charge in [0.1, 0.15) is 17.1 Å². The lowest BCUT2D eigenvalue weighted by Gasteiger charge is -2.12. The van der Waals surface area contributed by atoms with Gasteiger partial charge < -0.3 is 10.1 Å². The number of fused-ring (bicyclic) bond motifs is 1. The number of methoxy groups -OCH3 is 1. The fourth-order valence-electron chi connectivity index (χ4n) is 2.80. The molecule has 0 aliphatic rings. The van der Waals surface area contributed by atoms with Crippen LogP contribution in [0.5, 0.6) is 5.75 Å². The van der Waals surface area contributed by atoms with Crippen LogP contribution in [0.2, 0.25) is 0 Å². The highest BCUT2D eigenvalue weighted by atomic mass is 16.6. The van der Waals surface area contributed by atoms with Gasteiger partial charge in [-0.15, -0.1) is 0 Å². The van der Waals surface area contributed by atoms with Crippen LogP contribution in [-0.2, 0) is 0 Å². The molecule has 0 amide bonds. The number of ether oxygens (including phenoxy) is 1. The summed E-state index contributed by atoms with van der Waals surface area (Å²) in [5, 5.41) is 37.3. The standard InChI is InChI=1S/C17H12N4O7/c1-28-10-6-7-13(15(8-10)20(24)25)18-17-12-5-3-2-4-11(12)14(19(22)23)9-16(17)21(26)27/h2-9,18H,1H3. The van der Waals surface area contributed by atoms with Crippen LogP contribution in [0.3, 0.4) is 0 Å². The molecule has 3 rings (SSSR count). The number of nitrogens with zero attached hydrogens (tertiary/aromatic N) is 3. The summed E-state index contributed by atoms with van der Waals surface area (Å²) < 4.78 is 4.97. The smallest absolute Gasteiger partial charge is 0.300 e. The molecule has 0 fully saturated rings. The van der Waals surface area contributed by atoms with Crippen molar-refractivity contribution in [3.05, 3.63) is 78.9 Å². The number of hydrogen-bond acceptors (Lipinski definition) is 8. The van der Waals surface area contributed by atoms with E-state index in [1.54, 1.807) is 12.1 Å². The number of anilines is 2. The molecule has 0 spiro atoms. The third-order valence-corrected chi connectivity index (χ3v) is 4.06. The molecule has 142 valence electrons. The number of non-ortho nitro benzene ring substituents is 1. The Morgan fingerprint density at radius 2 is 1.39 bits per heavy atom. The molecule has 11 nitrogen and oxygen atoms in total. The van der Waals surface area contributed by atoms with Crippen LogP contribution in [-0.4, -0.2) is 21.9 Å². The normalized spacial score (nSPS) is 10.5. The molecule has 0 aliphatic heterocycles. The lowest BCUT2D eigenvalue weighted by Crippen LogP contribution is -2.03. The molecular formula is C17H12N4O7. The van der Waals surface area contributed by atoms with Gasteiger partial charge in [-0.1, -0.05) is 18.2 Å². The van der Waals surface area contributed by atoms with E-state index in [2.05, 4.69) is 5.32 Å². The van der Waals surface area contributed by atoms with Crippen LogP contribution < -0.4 is 10.1 Å². The minimum Gasteiger partial charge on any atom is -0.496 e. The maximum absolute atomic E-state index is 11.5. The maximum atomic E-state index is 11.5. The Bertz CT molecular complexity index is 1130. The van der Waals surface area contributed by atoms with Crippen LogP contribution in [0.1, 0.15) is 0 Å². The van der Waals surface area contributed by atoms with Crippen LogP contribution in [0, 0.1) is 30.3 Å². The zero-order valence-electron chi connectivity index (χ0n) is 14.3. The second-order valence-corrected chi connectivity index (χ2v) is 5.61. The van der Waals surface area contributed by atoms with E-state index in [-0.39, 0.29) is 33.6 Å². The van der Waals surface area contributed by atoms with Gasteiger partial charge >= 0.3 is 0 Å². The van der Waals surface area contributed by atoms with Gasteiger partial charge in [0.15, 0.2) is 0 Å². The molecule has 3 aromatic carbocycles. The summed E-state index contributed by atoms with van der Waals surface area (Å²) in [6.45, 7) is 0. The van der Waals surface area contributed by atoms with E-state index < -0.39 is 26.1 Å². The molecule has 3 aromatic rings. The van der Waals surface area contributed by atoms with Gasteiger partial charge in [0.05, 0.1) is 39.4 Å². The van der Waals surface area contributed by atoms with Crippen molar-refractivity contribution in [3.8, 4) is 5.75 Å². The van der Waals surface area contributed by atoms with Crippen molar-refractivity contribution in [1.82, 2.24) is 0 Å². The Morgan fingerprint density at radius 3 is 1.96 bits per heavy atom. The van der Waals surface area contributed by atoms with Crippen LogP contribution in [0.4, 0.5) is 28.4 Å². The highest BCUT2D eigenvalue weighted by Gasteiger charge is 2.27. The monoisotopic (exact) mass is 384 g/mol. The number of rotatable bonds is 6. The summed E-state index contributed by atoms with van der Waals surface area (Å²) in [4.78, 5) is 32.1. The molecule has 11 heteroatoms. The van der Waals surface area contributed by atoms with E-state index in [9.17, 15) is 30.3 Å². The molecule has 1 N–H and O–H groups in total. The van der Waals surface area contributed by atoms with E-state index in [1.165, 1.54) is 37.4 Å². The van der Waals surface area contributed by atoms with Gasteiger partial charge in [-0.05, 0) is 18.2 Å². The Balaban J connectivity index is 2.28. The molecule has 0 saturated carbocycles. The van der Waals surface area contributed by atoms with Crippen LogP contribution in [0.15, 0.2) is 48.5 Å². The quantitative estimate of drug-likeness (QED) is 0.487. The molecule has 0 heterocycles. The molecular weight excluding hydrogens is 372 g/mol. The lowest BCUT2D eigenvalue weighted by atomic mass is 10.0. The van der Waals surface area contributed by atoms with Gasteiger partial charge in [0.2, 0.25) is 0 Å². The molecule has 0 unspecified atom stereocenters. The fourth-order valence-corrected chi connectivity index (χ4v) is 2.80. The van der Waals surface area contributed by atoms with Crippen molar-refractivity contribution in [3.63, 3.8) is 0 Å². The molecule has 0 radical (unpaired) electrons. The van der Waals surface area contributed by atoms with Crippen molar-refractivity contribution >= 4 is 39.2 Å². The first kappa shape index (κ1) is 18.5. The van der Waals surface area contributed by atoms with Gasteiger partial charge in [-0.25, -0.2) is 0 Å². The number of nitro benzene ring substituents is 3. The average Bonchev–Trinajstić information content (AvgIpc) is 2.67. The van der Waals surface area contributed by atoms with E-state index in [0.29, 0.717) is 0 Å². The van der Waals surface area contributed by atoms with Crippen molar-refractivity contribution in [2.75, 3.05) is 12.4 Å². The van der Waals surface area contributed by atoms with E-state index in [1.807, 2.05) is 0 Å². The predicted octanol–water partition coefficient (Wildman–Crippen LogP) is 4.32. The zero-order valence-corrected chi connectivity index (χ0v) is 14.3. The Kier molecular flexibility index (Phi) is 4.73. The third kappa shape index (κ3) is 3.23. The third-order valence-electron chi connectivity index (χ3n) is 4.06. The summed E-state index contributed by atoms with van der Waals surface area (Å²) >= 11 is 0. The van der Waals surface area contributed by atoms with Gasteiger partial charge in [-0.3, -0.25) is 30.3 Å². The van der Waals surface area contributed by atoms with E-state index in [4.69, 9.17) is 4.74 Å². The second-order valence-electron chi connectivity index (χ2n) is 5.61. The molecule has 0 atom stereocenters. The fraction of sp³-hybridized carbons (Fsp3) is 0.0588. The highest BCUT2D eigenvalue weighted by molar-refractivity contribution is 6.05. The number of benzene rings is 3. The number of nitrogens with one attached hydrogen (secondary N) is 1. The lowest BCUT2D eigenvalue weighted by molar-refractivity contribution is -0.392. The first-order valence-electron chi connectivity index (χ1n) is 7.77. The largest absolute Gasteiger partial charge is 0.496 e. The van der Waals surface area contributed by atoms with Gasteiger partial charge in [0, 0.05) is 5.39 Å². The van der Waals surface area contributed by atoms with Crippen molar-refractivity contribution < 1.29 is 19.5 Å². The van der Waals surface area contributed by atoms with Crippen molar-refractivity contribution in [1.29, 1.82) is 0 Å². The molecule has 0 saturated heterocycles. The highest BCUT2D eigenvalue weighted by Crippen LogP contribution is 2.42. The van der Waals surface area contributed by atoms with Crippen molar-refractivity contribution in [2.24, 2.45) is 0 Å². The predicted molar refractivity (Wildman–Crippen MR) is 100 cm³/mol. The summed E-state index contributed by atoms with van der Waals surface area (Å²) in [5.74, 6) is 0.236. The van der Waals surface area contributed by atoms with E-state index >= 15 is 0 Å². The average molecular weight is 384 g/mol. The van der Waals surface area contributed by atoms with Gasteiger partial charge in [0.25, 0.3) is 17.1 Å². The molecule has 0 bridgehead atoms. The number of hydrogen-bond donors (Lipinski definition) is 1. The summed E-state index contributed by atoms with van der Waals surface area (Å²) in [7, 11) is 1.35. The summed E-state index contributed by atoms with van der Waals surface area (Å²) in [6, 6.07) is 10.8. The first-order valence-corrected chi connectivity index (χ1v) is 7.77. The summed E-state index contributed by atoms with van der Waals surface area (Å²) in [5.41, 5.74) is -1.48. The SMILES string of the molecule is COc1ccc(Nc2c([N+](=O)[O-])cc([N+](=O)[O-])c3ccccc23)c([N+](=O)[O-])c1. The Morgan fingerprint density at radius 1 is 0.786 bits per heavy atom. The maximum Gasteiger partial charge on any atom is 0.300 e. The van der Waals surface area contributed by atoms with Crippen molar-refractivity contribution in [2.45, 2.75) is 0 Å². The minimum absolute atomic E-state index is 0.0205. The molecule has 28 heavy (non-hydrogen) atoms. The summed E-state index contributed by atoms with van der Waals surface area (Å²) in [6.07, 6.45) is 0. The zero-order chi connectivity index (χ0) is 20.4. The van der Waals surface area contributed by atoms with E-state index in [0.717, 1.165) is 6.07 Å². The number of nitro groups is 3. The molecule has 0 aliphatic carbocycles. The van der Waals surface area contributed by atoms with Crippen LogP contribution >= 0.6 is 0 Å².